The predicted octanol–water partition coefficient (Wildman–Crippen LogP) is 4.70. The summed E-state index contributed by atoms with van der Waals surface area (Å²) in [4.78, 5) is 28.7. The molecular formula is C27H30N4O2. The van der Waals surface area contributed by atoms with Crippen molar-refractivity contribution in [1.29, 1.82) is 0 Å². The molecule has 0 radical (unpaired) electrons. The van der Waals surface area contributed by atoms with Crippen LogP contribution in [0.3, 0.4) is 0 Å². The van der Waals surface area contributed by atoms with Gasteiger partial charge in [0, 0.05) is 48.7 Å². The van der Waals surface area contributed by atoms with Gasteiger partial charge < -0.3 is 20.4 Å². The number of anilines is 3. The molecule has 170 valence electrons. The monoisotopic (exact) mass is 442 g/mol. The molecule has 0 spiro atoms. The van der Waals surface area contributed by atoms with Crippen LogP contribution in [0.5, 0.6) is 0 Å². The number of likely N-dealkylation sites (N-methyl/N-ethyl adjacent to an activating group) is 1. The van der Waals surface area contributed by atoms with Crippen molar-refractivity contribution in [3.63, 3.8) is 0 Å². The van der Waals surface area contributed by atoms with Crippen LogP contribution in [0.1, 0.15) is 23.7 Å². The van der Waals surface area contributed by atoms with E-state index < -0.39 is 0 Å². The molecule has 1 aliphatic rings. The van der Waals surface area contributed by atoms with E-state index in [9.17, 15) is 9.59 Å². The van der Waals surface area contributed by atoms with Crippen LogP contribution in [0.25, 0.3) is 11.1 Å². The number of nitrogens with zero attached hydrogens (tertiary/aromatic N) is 2. The van der Waals surface area contributed by atoms with Crippen molar-refractivity contribution in [3.05, 3.63) is 78.4 Å². The SMILES string of the molecule is CC(=O)Nc1cccc(-c2ccc(C(=O)Nc3ccc(N4CCC(N(C)C)C4)cc3)cc2)c1. The minimum Gasteiger partial charge on any atom is -0.370 e. The van der Waals surface area contributed by atoms with Crippen LogP contribution in [0.2, 0.25) is 0 Å². The van der Waals surface area contributed by atoms with Crippen LogP contribution >= 0.6 is 0 Å². The number of rotatable bonds is 6. The molecule has 0 bridgehead atoms. The van der Waals surface area contributed by atoms with Crippen LogP contribution in [0.4, 0.5) is 17.1 Å². The Bertz CT molecular complexity index is 1120. The minimum absolute atomic E-state index is 0.106. The second-order valence-corrected chi connectivity index (χ2v) is 8.69. The third-order valence-electron chi connectivity index (χ3n) is 6.05. The molecular weight excluding hydrogens is 412 g/mol. The van der Waals surface area contributed by atoms with E-state index in [0.29, 0.717) is 11.6 Å². The van der Waals surface area contributed by atoms with Crippen molar-refractivity contribution in [2.24, 2.45) is 0 Å². The summed E-state index contributed by atoms with van der Waals surface area (Å²) in [5.74, 6) is -0.250. The molecule has 1 aliphatic heterocycles. The van der Waals surface area contributed by atoms with Crippen LogP contribution in [-0.2, 0) is 4.79 Å². The van der Waals surface area contributed by atoms with E-state index >= 15 is 0 Å². The number of carbonyl (C=O) groups is 2. The normalized spacial score (nSPS) is 15.5. The Kier molecular flexibility index (Phi) is 6.75. The number of hydrogen-bond donors (Lipinski definition) is 2. The van der Waals surface area contributed by atoms with Gasteiger partial charge in [-0.3, -0.25) is 9.59 Å². The molecule has 2 amide bonds. The summed E-state index contributed by atoms with van der Waals surface area (Å²) in [6.45, 7) is 3.56. The Balaban J connectivity index is 1.38. The van der Waals surface area contributed by atoms with E-state index in [0.717, 1.165) is 35.6 Å². The van der Waals surface area contributed by atoms with Crippen molar-refractivity contribution in [2.75, 3.05) is 42.7 Å². The number of carbonyl (C=O) groups excluding carboxylic acids is 2. The lowest BCUT2D eigenvalue weighted by Gasteiger charge is -2.22. The van der Waals surface area contributed by atoms with Crippen molar-refractivity contribution in [1.82, 2.24) is 4.90 Å². The summed E-state index contributed by atoms with van der Waals surface area (Å²) in [5.41, 5.74) is 5.25. The van der Waals surface area contributed by atoms with Gasteiger partial charge in [0.25, 0.3) is 5.91 Å². The van der Waals surface area contributed by atoms with Gasteiger partial charge in [-0.1, -0.05) is 24.3 Å². The van der Waals surface area contributed by atoms with Gasteiger partial charge in [0.05, 0.1) is 0 Å². The highest BCUT2D eigenvalue weighted by Gasteiger charge is 2.24. The molecule has 3 aromatic rings. The highest BCUT2D eigenvalue weighted by Crippen LogP contribution is 2.25. The van der Waals surface area contributed by atoms with Gasteiger partial charge in [-0.2, -0.15) is 0 Å². The lowest BCUT2D eigenvalue weighted by molar-refractivity contribution is -0.114. The Morgan fingerprint density at radius 1 is 0.879 bits per heavy atom. The van der Waals surface area contributed by atoms with Gasteiger partial charge in [0.2, 0.25) is 5.91 Å². The molecule has 0 saturated carbocycles. The van der Waals surface area contributed by atoms with Gasteiger partial charge in [-0.05, 0) is 80.2 Å². The fourth-order valence-corrected chi connectivity index (χ4v) is 4.15. The third-order valence-corrected chi connectivity index (χ3v) is 6.05. The van der Waals surface area contributed by atoms with Crippen molar-refractivity contribution >= 4 is 28.9 Å². The predicted molar refractivity (Wildman–Crippen MR) is 135 cm³/mol. The smallest absolute Gasteiger partial charge is 0.255 e. The maximum Gasteiger partial charge on any atom is 0.255 e. The van der Waals surface area contributed by atoms with Gasteiger partial charge in [0.15, 0.2) is 0 Å². The topological polar surface area (TPSA) is 64.7 Å². The third kappa shape index (κ3) is 5.59. The molecule has 33 heavy (non-hydrogen) atoms. The first-order chi connectivity index (χ1) is 15.9. The first-order valence-electron chi connectivity index (χ1n) is 11.2. The second kappa shape index (κ2) is 9.88. The van der Waals surface area contributed by atoms with Gasteiger partial charge in [0.1, 0.15) is 0 Å². The van der Waals surface area contributed by atoms with E-state index in [-0.39, 0.29) is 11.8 Å². The summed E-state index contributed by atoms with van der Waals surface area (Å²) in [6.07, 6.45) is 1.17. The highest BCUT2D eigenvalue weighted by molar-refractivity contribution is 6.04. The zero-order valence-corrected chi connectivity index (χ0v) is 19.3. The zero-order chi connectivity index (χ0) is 23.4. The molecule has 6 nitrogen and oxygen atoms in total. The molecule has 4 rings (SSSR count). The molecule has 1 atom stereocenters. The van der Waals surface area contributed by atoms with E-state index in [1.807, 2.05) is 60.7 Å². The van der Waals surface area contributed by atoms with Gasteiger partial charge in [-0.25, -0.2) is 0 Å². The number of benzene rings is 3. The zero-order valence-electron chi connectivity index (χ0n) is 19.3. The van der Waals surface area contributed by atoms with Crippen LogP contribution < -0.4 is 15.5 Å². The molecule has 2 N–H and O–H groups in total. The average molecular weight is 443 g/mol. The average Bonchev–Trinajstić information content (AvgIpc) is 3.30. The van der Waals surface area contributed by atoms with E-state index in [2.05, 4.69) is 46.7 Å². The Morgan fingerprint density at radius 2 is 1.61 bits per heavy atom. The maximum absolute atomic E-state index is 12.7. The van der Waals surface area contributed by atoms with Gasteiger partial charge >= 0.3 is 0 Å². The van der Waals surface area contributed by atoms with Crippen molar-refractivity contribution in [3.8, 4) is 11.1 Å². The highest BCUT2D eigenvalue weighted by atomic mass is 16.2. The van der Waals surface area contributed by atoms with Crippen LogP contribution in [0, 0.1) is 0 Å². The fourth-order valence-electron chi connectivity index (χ4n) is 4.15. The van der Waals surface area contributed by atoms with E-state index in [1.54, 1.807) is 0 Å². The number of nitrogens with one attached hydrogen (secondary N) is 2. The minimum atomic E-state index is -0.143. The Labute approximate surface area is 195 Å². The maximum atomic E-state index is 12.7. The molecule has 0 aromatic heterocycles. The van der Waals surface area contributed by atoms with Crippen molar-refractivity contribution < 1.29 is 9.59 Å². The molecule has 1 saturated heterocycles. The number of amides is 2. The molecule has 1 fully saturated rings. The quantitative estimate of drug-likeness (QED) is 0.581. The summed E-state index contributed by atoms with van der Waals surface area (Å²) >= 11 is 0. The first-order valence-corrected chi connectivity index (χ1v) is 11.2. The van der Waals surface area contributed by atoms with Gasteiger partial charge in [-0.15, -0.1) is 0 Å². The fraction of sp³-hybridized carbons (Fsp3) is 0.259. The summed E-state index contributed by atoms with van der Waals surface area (Å²) in [5, 5.41) is 5.77. The lowest BCUT2D eigenvalue weighted by atomic mass is 10.0. The summed E-state index contributed by atoms with van der Waals surface area (Å²) < 4.78 is 0. The second-order valence-electron chi connectivity index (χ2n) is 8.69. The largest absolute Gasteiger partial charge is 0.370 e. The Hall–Kier alpha value is -3.64. The number of hydrogen-bond acceptors (Lipinski definition) is 4. The van der Waals surface area contributed by atoms with E-state index in [4.69, 9.17) is 0 Å². The molecule has 1 heterocycles. The van der Waals surface area contributed by atoms with Crippen LogP contribution in [-0.4, -0.2) is 49.9 Å². The van der Waals surface area contributed by atoms with Crippen LogP contribution in [0.15, 0.2) is 72.8 Å². The molecule has 3 aromatic carbocycles. The molecule has 6 heteroatoms. The summed E-state index contributed by atoms with van der Waals surface area (Å²) in [6, 6.07) is 23.7. The first kappa shape index (κ1) is 22.6. The lowest BCUT2D eigenvalue weighted by Crippen LogP contribution is -2.31. The van der Waals surface area contributed by atoms with Crippen molar-refractivity contribution in [2.45, 2.75) is 19.4 Å². The molecule has 1 unspecified atom stereocenters. The molecule has 0 aliphatic carbocycles. The Morgan fingerprint density at radius 3 is 2.24 bits per heavy atom. The van der Waals surface area contributed by atoms with E-state index in [1.165, 1.54) is 19.0 Å². The summed E-state index contributed by atoms with van der Waals surface area (Å²) in [7, 11) is 4.25. The standard InChI is InChI=1S/C27H30N4O2/c1-19(32)28-24-6-4-5-22(17-24)20-7-9-21(10-8-20)27(33)29-23-11-13-25(14-12-23)31-16-15-26(18-31)30(2)3/h4-14,17,26H,15-16,18H2,1-3H3,(H,28,32)(H,29,33).